The second-order valence-electron chi connectivity index (χ2n) is 4.46. The van der Waals surface area contributed by atoms with Gasteiger partial charge in [0.25, 0.3) is 0 Å². The second kappa shape index (κ2) is 4.47. The smallest absolute Gasteiger partial charge is 0.152 e. The molecule has 0 amide bonds. The number of fused-ring (bicyclic) bond motifs is 1. The average molecular weight is 283 g/mol. The molecule has 1 N–H and O–H groups in total. The standard InChI is InChI=1S/C11H13N3O2S2/c15-18(16)5-1-2-8(6-18)14-11-10-9(3-4-17-10)12-7-13-11/h3-4,7-8H,1-2,5-6H2,(H,12,13,14). The quantitative estimate of drug-likeness (QED) is 0.908. The first-order chi connectivity index (χ1) is 8.64. The van der Waals surface area contributed by atoms with E-state index in [1.165, 1.54) is 6.33 Å². The summed E-state index contributed by atoms with van der Waals surface area (Å²) in [7, 11) is -2.89. The fourth-order valence-electron chi connectivity index (χ4n) is 2.22. The van der Waals surface area contributed by atoms with Crippen LogP contribution in [0, 0.1) is 0 Å². The maximum absolute atomic E-state index is 11.6. The summed E-state index contributed by atoms with van der Waals surface area (Å²) >= 11 is 1.57. The van der Waals surface area contributed by atoms with Crippen molar-refractivity contribution < 1.29 is 8.42 Å². The first-order valence-electron chi connectivity index (χ1n) is 5.79. The normalized spacial score (nSPS) is 23.0. The maximum atomic E-state index is 11.6. The van der Waals surface area contributed by atoms with E-state index in [2.05, 4.69) is 15.3 Å². The summed E-state index contributed by atoms with van der Waals surface area (Å²) in [5.41, 5.74) is 0.899. The number of nitrogens with one attached hydrogen (secondary N) is 1. The highest BCUT2D eigenvalue weighted by Gasteiger charge is 2.25. The number of anilines is 1. The van der Waals surface area contributed by atoms with Crippen LogP contribution in [0.4, 0.5) is 5.82 Å². The minimum absolute atomic E-state index is 0.0380. The van der Waals surface area contributed by atoms with Gasteiger partial charge in [-0.2, -0.15) is 0 Å². The van der Waals surface area contributed by atoms with Gasteiger partial charge in [0.15, 0.2) is 9.84 Å². The largest absolute Gasteiger partial charge is 0.365 e. The molecule has 1 fully saturated rings. The van der Waals surface area contributed by atoms with Gasteiger partial charge >= 0.3 is 0 Å². The lowest BCUT2D eigenvalue weighted by atomic mass is 10.2. The molecule has 1 atom stereocenters. The Kier molecular flexibility index (Phi) is 2.95. The molecule has 0 bridgehead atoms. The van der Waals surface area contributed by atoms with Crippen LogP contribution < -0.4 is 5.32 Å². The molecule has 5 nitrogen and oxygen atoms in total. The molecule has 2 aromatic rings. The Morgan fingerprint density at radius 2 is 2.28 bits per heavy atom. The Morgan fingerprint density at radius 3 is 3.11 bits per heavy atom. The van der Waals surface area contributed by atoms with E-state index in [1.807, 2.05) is 11.4 Å². The SMILES string of the molecule is O=S1(=O)CCCC(Nc2ncnc3ccsc23)C1. The highest BCUT2D eigenvalue weighted by atomic mass is 32.2. The zero-order chi connectivity index (χ0) is 12.6. The lowest BCUT2D eigenvalue weighted by Gasteiger charge is -2.23. The maximum Gasteiger partial charge on any atom is 0.152 e. The van der Waals surface area contributed by atoms with Gasteiger partial charge in [-0.25, -0.2) is 18.4 Å². The van der Waals surface area contributed by atoms with Gasteiger partial charge in [-0.15, -0.1) is 11.3 Å². The molecule has 1 aliphatic rings. The molecule has 0 radical (unpaired) electrons. The Labute approximate surface area is 109 Å². The van der Waals surface area contributed by atoms with Crippen molar-refractivity contribution in [2.24, 2.45) is 0 Å². The number of hydrogen-bond acceptors (Lipinski definition) is 6. The van der Waals surface area contributed by atoms with Crippen LogP contribution in [-0.4, -0.2) is 35.9 Å². The number of hydrogen-bond donors (Lipinski definition) is 1. The zero-order valence-corrected chi connectivity index (χ0v) is 11.3. The lowest BCUT2D eigenvalue weighted by Crippen LogP contribution is -2.35. The van der Waals surface area contributed by atoms with Crippen molar-refractivity contribution in [3.63, 3.8) is 0 Å². The molecule has 1 aliphatic heterocycles. The molecule has 3 heterocycles. The fraction of sp³-hybridized carbons (Fsp3) is 0.455. The van der Waals surface area contributed by atoms with Crippen molar-refractivity contribution in [2.45, 2.75) is 18.9 Å². The number of rotatable bonds is 2. The highest BCUT2D eigenvalue weighted by molar-refractivity contribution is 7.91. The summed E-state index contributed by atoms with van der Waals surface area (Å²) in [6, 6.07) is 1.90. The van der Waals surface area contributed by atoms with Crippen LogP contribution >= 0.6 is 11.3 Å². The lowest BCUT2D eigenvalue weighted by molar-refractivity contribution is 0.561. The predicted octanol–water partition coefficient (Wildman–Crippen LogP) is 1.68. The first-order valence-corrected chi connectivity index (χ1v) is 8.49. The van der Waals surface area contributed by atoms with Crippen LogP contribution in [0.5, 0.6) is 0 Å². The van der Waals surface area contributed by atoms with Crippen molar-refractivity contribution in [1.82, 2.24) is 9.97 Å². The van der Waals surface area contributed by atoms with Crippen LogP contribution in [-0.2, 0) is 9.84 Å². The van der Waals surface area contributed by atoms with Crippen LogP contribution in [0.3, 0.4) is 0 Å². The van der Waals surface area contributed by atoms with Gasteiger partial charge in [-0.05, 0) is 24.3 Å². The van der Waals surface area contributed by atoms with Crippen LogP contribution in [0.25, 0.3) is 10.2 Å². The van der Waals surface area contributed by atoms with E-state index in [9.17, 15) is 8.42 Å². The Bertz CT molecular complexity index is 666. The topological polar surface area (TPSA) is 72.0 Å². The summed E-state index contributed by atoms with van der Waals surface area (Å²) in [5.74, 6) is 1.25. The molecule has 0 aliphatic carbocycles. The van der Waals surface area contributed by atoms with Gasteiger partial charge in [0, 0.05) is 6.04 Å². The molecule has 0 spiro atoms. The van der Waals surface area contributed by atoms with Gasteiger partial charge in [-0.3, -0.25) is 0 Å². The number of thiophene rings is 1. The van der Waals surface area contributed by atoms with Crippen molar-refractivity contribution in [2.75, 3.05) is 16.8 Å². The molecule has 96 valence electrons. The van der Waals surface area contributed by atoms with Crippen molar-refractivity contribution in [3.05, 3.63) is 17.8 Å². The van der Waals surface area contributed by atoms with Crippen molar-refractivity contribution in [3.8, 4) is 0 Å². The van der Waals surface area contributed by atoms with Crippen molar-refractivity contribution in [1.29, 1.82) is 0 Å². The van der Waals surface area contributed by atoms with Gasteiger partial charge in [0.1, 0.15) is 12.1 Å². The molecule has 18 heavy (non-hydrogen) atoms. The monoisotopic (exact) mass is 283 g/mol. The summed E-state index contributed by atoms with van der Waals surface area (Å²) in [6.45, 7) is 0. The Balaban J connectivity index is 1.86. The second-order valence-corrected chi connectivity index (χ2v) is 7.60. The molecule has 0 saturated carbocycles. The molecular formula is C11H13N3O2S2. The highest BCUT2D eigenvalue weighted by Crippen LogP contribution is 2.26. The third kappa shape index (κ3) is 2.32. The van der Waals surface area contributed by atoms with Crippen molar-refractivity contribution >= 4 is 37.2 Å². The minimum atomic E-state index is -2.89. The fourth-order valence-corrected chi connectivity index (χ4v) is 4.66. The van der Waals surface area contributed by atoms with Crippen LogP contribution in [0.2, 0.25) is 0 Å². The van der Waals surface area contributed by atoms with E-state index in [0.717, 1.165) is 28.9 Å². The molecule has 1 saturated heterocycles. The Hall–Kier alpha value is -1.21. The van der Waals surface area contributed by atoms with E-state index in [0.29, 0.717) is 5.75 Å². The first kappa shape index (κ1) is 11.9. The third-order valence-electron chi connectivity index (χ3n) is 3.05. The molecule has 7 heteroatoms. The van der Waals surface area contributed by atoms with E-state index in [-0.39, 0.29) is 11.8 Å². The van der Waals surface area contributed by atoms with E-state index < -0.39 is 9.84 Å². The summed E-state index contributed by atoms with van der Waals surface area (Å²) in [6.07, 6.45) is 3.10. The summed E-state index contributed by atoms with van der Waals surface area (Å²) in [4.78, 5) is 8.38. The molecule has 0 aromatic carbocycles. The zero-order valence-electron chi connectivity index (χ0n) is 9.67. The predicted molar refractivity (Wildman–Crippen MR) is 72.7 cm³/mol. The van der Waals surface area contributed by atoms with E-state index in [1.54, 1.807) is 11.3 Å². The average Bonchev–Trinajstić information content (AvgIpc) is 2.77. The van der Waals surface area contributed by atoms with Gasteiger partial charge in [-0.1, -0.05) is 0 Å². The van der Waals surface area contributed by atoms with Crippen LogP contribution in [0.15, 0.2) is 17.8 Å². The van der Waals surface area contributed by atoms with Gasteiger partial charge in [0.2, 0.25) is 0 Å². The summed E-state index contributed by atoms with van der Waals surface area (Å²) < 4.78 is 24.2. The molecular weight excluding hydrogens is 270 g/mol. The van der Waals surface area contributed by atoms with Gasteiger partial charge in [0.05, 0.1) is 21.7 Å². The number of aromatic nitrogens is 2. The summed E-state index contributed by atoms with van der Waals surface area (Å²) in [5, 5.41) is 5.21. The van der Waals surface area contributed by atoms with E-state index in [4.69, 9.17) is 0 Å². The minimum Gasteiger partial charge on any atom is -0.365 e. The third-order valence-corrected chi connectivity index (χ3v) is 5.78. The number of nitrogens with zero attached hydrogens (tertiary/aromatic N) is 2. The Morgan fingerprint density at radius 1 is 1.39 bits per heavy atom. The molecule has 3 rings (SSSR count). The molecule has 1 unspecified atom stereocenters. The molecule has 2 aromatic heterocycles. The van der Waals surface area contributed by atoms with Crippen LogP contribution in [0.1, 0.15) is 12.8 Å². The van der Waals surface area contributed by atoms with E-state index >= 15 is 0 Å². The number of sulfone groups is 1. The van der Waals surface area contributed by atoms with Gasteiger partial charge < -0.3 is 5.32 Å².